The van der Waals surface area contributed by atoms with Gasteiger partial charge in [-0.05, 0) is 18.8 Å². The maximum Gasteiger partial charge on any atom is 0.306 e. The van der Waals surface area contributed by atoms with Gasteiger partial charge in [-0.3, -0.25) is 9.59 Å². The summed E-state index contributed by atoms with van der Waals surface area (Å²) in [5.41, 5.74) is 0. The van der Waals surface area contributed by atoms with Crippen LogP contribution in [0.4, 0.5) is 0 Å². The lowest BCUT2D eigenvalue weighted by molar-refractivity contribution is -0.144. The molecule has 0 heterocycles. The minimum Gasteiger partial charge on any atom is -0.481 e. The molecule has 4 nitrogen and oxygen atoms in total. The van der Waals surface area contributed by atoms with Crippen LogP contribution in [0.5, 0.6) is 0 Å². The van der Waals surface area contributed by atoms with Crippen LogP contribution < -0.4 is 0 Å². The predicted molar refractivity (Wildman–Crippen MR) is 52.1 cm³/mol. The minimum absolute atomic E-state index is 0.0558. The molecule has 0 aliphatic heterocycles. The molecule has 2 atom stereocenters. The van der Waals surface area contributed by atoms with Crippen LogP contribution >= 0.6 is 0 Å². The summed E-state index contributed by atoms with van der Waals surface area (Å²) in [6, 6.07) is 0. The van der Waals surface area contributed by atoms with Crippen molar-refractivity contribution in [3.63, 3.8) is 0 Å². The van der Waals surface area contributed by atoms with Gasteiger partial charge in [0, 0.05) is 6.42 Å². The van der Waals surface area contributed by atoms with E-state index < -0.39 is 17.9 Å². The molecule has 0 spiro atoms. The Morgan fingerprint density at radius 1 is 1.29 bits per heavy atom. The molecular formula is C10H18O4. The number of hydrogen-bond acceptors (Lipinski definition) is 2. The molecular weight excluding hydrogens is 184 g/mol. The first-order chi connectivity index (χ1) is 6.49. The Hall–Kier alpha value is -1.06. The van der Waals surface area contributed by atoms with Gasteiger partial charge < -0.3 is 10.2 Å². The third-order valence-corrected chi connectivity index (χ3v) is 2.55. The second-order valence-electron chi connectivity index (χ2n) is 3.62. The molecule has 0 aliphatic carbocycles. The van der Waals surface area contributed by atoms with Crippen LogP contribution in [0.3, 0.4) is 0 Å². The fraction of sp³-hybridized carbons (Fsp3) is 0.800. The summed E-state index contributed by atoms with van der Waals surface area (Å²) in [6.45, 7) is 3.83. The van der Waals surface area contributed by atoms with Crippen molar-refractivity contribution >= 4 is 11.9 Å². The second kappa shape index (κ2) is 6.40. The van der Waals surface area contributed by atoms with E-state index in [-0.39, 0.29) is 12.3 Å². The standard InChI is InChI=1S/C10H18O4/c1-3-7(2)8(10(13)14)5-4-6-9(11)12/h7-8H,3-6H2,1-2H3,(H,11,12)(H,13,14). The molecule has 0 aromatic rings. The molecule has 0 saturated carbocycles. The largest absolute Gasteiger partial charge is 0.481 e. The van der Waals surface area contributed by atoms with Crippen molar-refractivity contribution in [2.45, 2.75) is 39.5 Å². The summed E-state index contributed by atoms with van der Waals surface area (Å²) in [6.07, 6.45) is 1.76. The molecule has 0 fully saturated rings. The molecule has 0 aliphatic rings. The zero-order valence-corrected chi connectivity index (χ0v) is 8.69. The summed E-state index contributed by atoms with van der Waals surface area (Å²) in [5.74, 6) is -1.97. The van der Waals surface area contributed by atoms with E-state index >= 15 is 0 Å². The molecule has 0 aromatic carbocycles. The Balaban J connectivity index is 3.98. The summed E-state index contributed by atoms with van der Waals surface area (Å²) in [7, 11) is 0. The Kier molecular flexibility index (Phi) is 5.92. The maximum atomic E-state index is 10.8. The minimum atomic E-state index is -0.863. The normalized spacial score (nSPS) is 14.7. The van der Waals surface area contributed by atoms with Crippen LogP contribution in [0.15, 0.2) is 0 Å². The smallest absolute Gasteiger partial charge is 0.306 e. The molecule has 0 rings (SSSR count). The highest BCUT2D eigenvalue weighted by Crippen LogP contribution is 2.21. The average Bonchev–Trinajstić information content (AvgIpc) is 2.10. The average molecular weight is 202 g/mol. The number of carboxylic acid groups (broad SMARTS) is 2. The van der Waals surface area contributed by atoms with Crippen LogP contribution in [0.1, 0.15) is 39.5 Å². The third-order valence-electron chi connectivity index (χ3n) is 2.55. The van der Waals surface area contributed by atoms with Crippen LogP contribution in [-0.2, 0) is 9.59 Å². The van der Waals surface area contributed by atoms with Crippen LogP contribution in [0.25, 0.3) is 0 Å². The first kappa shape index (κ1) is 12.9. The van der Waals surface area contributed by atoms with Crippen molar-refractivity contribution in [3.05, 3.63) is 0 Å². The lowest BCUT2D eigenvalue weighted by Crippen LogP contribution is -2.21. The molecule has 2 unspecified atom stereocenters. The number of hydrogen-bond donors (Lipinski definition) is 2. The SMILES string of the molecule is CCC(C)C(CCCC(=O)O)C(=O)O. The van der Waals surface area contributed by atoms with Crippen molar-refractivity contribution < 1.29 is 19.8 Å². The fourth-order valence-corrected chi connectivity index (χ4v) is 1.41. The molecule has 4 heteroatoms. The molecule has 0 amide bonds. The maximum absolute atomic E-state index is 10.8. The van der Waals surface area contributed by atoms with E-state index in [4.69, 9.17) is 10.2 Å². The van der Waals surface area contributed by atoms with E-state index in [0.29, 0.717) is 12.8 Å². The summed E-state index contributed by atoms with van der Waals surface area (Å²) in [5, 5.41) is 17.3. The van der Waals surface area contributed by atoms with Gasteiger partial charge in [-0.2, -0.15) is 0 Å². The zero-order chi connectivity index (χ0) is 11.1. The first-order valence-corrected chi connectivity index (χ1v) is 4.93. The van der Waals surface area contributed by atoms with Gasteiger partial charge >= 0.3 is 11.9 Å². The monoisotopic (exact) mass is 202 g/mol. The highest BCUT2D eigenvalue weighted by Gasteiger charge is 2.22. The van der Waals surface area contributed by atoms with Gasteiger partial charge in [-0.1, -0.05) is 20.3 Å². The fourth-order valence-electron chi connectivity index (χ4n) is 1.41. The van der Waals surface area contributed by atoms with E-state index in [1.807, 2.05) is 13.8 Å². The second-order valence-corrected chi connectivity index (χ2v) is 3.62. The van der Waals surface area contributed by atoms with Crippen LogP contribution in [0, 0.1) is 11.8 Å². The van der Waals surface area contributed by atoms with Crippen molar-refractivity contribution in [2.24, 2.45) is 11.8 Å². The van der Waals surface area contributed by atoms with E-state index in [9.17, 15) is 9.59 Å². The number of carboxylic acids is 2. The molecule has 82 valence electrons. The van der Waals surface area contributed by atoms with E-state index in [1.165, 1.54) is 0 Å². The number of rotatable bonds is 7. The van der Waals surface area contributed by atoms with Gasteiger partial charge in [0.15, 0.2) is 0 Å². The molecule has 2 N–H and O–H groups in total. The summed E-state index contributed by atoms with van der Waals surface area (Å²) in [4.78, 5) is 21.1. The van der Waals surface area contributed by atoms with Crippen LogP contribution in [0.2, 0.25) is 0 Å². The van der Waals surface area contributed by atoms with E-state index in [0.717, 1.165) is 6.42 Å². The Labute approximate surface area is 83.9 Å². The van der Waals surface area contributed by atoms with Crippen molar-refractivity contribution in [2.75, 3.05) is 0 Å². The first-order valence-electron chi connectivity index (χ1n) is 4.93. The summed E-state index contributed by atoms with van der Waals surface area (Å²) < 4.78 is 0. The highest BCUT2D eigenvalue weighted by molar-refractivity contribution is 5.70. The predicted octanol–water partition coefficient (Wildman–Crippen LogP) is 1.99. The topological polar surface area (TPSA) is 74.6 Å². The van der Waals surface area contributed by atoms with Gasteiger partial charge in [0.25, 0.3) is 0 Å². The number of aliphatic carboxylic acids is 2. The molecule has 0 bridgehead atoms. The van der Waals surface area contributed by atoms with E-state index in [2.05, 4.69) is 0 Å². The molecule has 0 radical (unpaired) electrons. The molecule has 0 saturated heterocycles. The lowest BCUT2D eigenvalue weighted by Gasteiger charge is -2.17. The summed E-state index contributed by atoms with van der Waals surface area (Å²) >= 11 is 0. The van der Waals surface area contributed by atoms with Crippen molar-refractivity contribution in [3.8, 4) is 0 Å². The molecule has 0 aromatic heterocycles. The lowest BCUT2D eigenvalue weighted by atomic mass is 9.87. The van der Waals surface area contributed by atoms with E-state index in [1.54, 1.807) is 0 Å². The van der Waals surface area contributed by atoms with Gasteiger partial charge in [-0.15, -0.1) is 0 Å². The quantitative estimate of drug-likeness (QED) is 0.662. The Morgan fingerprint density at radius 2 is 1.86 bits per heavy atom. The highest BCUT2D eigenvalue weighted by atomic mass is 16.4. The third kappa shape index (κ3) is 4.84. The van der Waals surface area contributed by atoms with Gasteiger partial charge in [-0.25, -0.2) is 0 Å². The van der Waals surface area contributed by atoms with Gasteiger partial charge in [0.05, 0.1) is 5.92 Å². The van der Waals surface area contributed by atoms with Crippen molar-refractivity contribution in [1.82, 2.24) is 0 Å². The number of carbonyl (C=O) groups is 2. The Bertz CT molecular complexity index is 200. The van der Waals surface area contributed by atoms with Crippen molar-refractivity contribution in [1.29, 1.82) is 0 Å². The van der Waals surface area contributed by atoms with Gasteiger partial charge in [0.2, 0.25) is 0 Å². The molecule has 14 heavy (non-hydrogen) atoms. The Morgan fingerprint density at radius 3 is 2.21 bits per heavy atom. The zero-order valence-electron chi connectivity index (χ0n) is 8.69. The van der Waals surface area contributed by atoms with Crippen LogP contribution in [-0.4, -0.2) is 22.2 Å². The van der Waals surface area contributed by atoms with Gasteiger partial charge in [0.1, 0.15) is 0 Å².